The van der Waals surface area contributed by atoms with Crippen molar-refractivity contribution < 1.29 is 28.6 Å². The molecule has 1 amide bonds. The van der Waals surface area contributed by atoms with Crippen molar-refractivity contribution in [3.63, 3.8) is 0 Å². The van der Waals surface area contributed by atoms with E-state index in [1.54, 1.807) is 39.0 Å². The van der Waals surface area contributed by atoms with Gasteiger partial charge in [-0.05, 0) is 49.9 Å². The first-order valence-electron chi connectivity index (χ1n) is 10.3. The minimum atomic E-state index is -1.12. The number of carboxylic acid groups (broad SMARTS) is 1. The van der Waals surface area contributed by atoms with E-state index in [0.29, 0.717) is 11.1 Å². The molecule has 0 unspecified atom stereocenters. The fraction of sp³-hybridized carbons (Fsp3) is 0.333. The number of hydrogen-bond donors (Lipinski definition) is 3. The van der Waals surface area contributed by atoms with Crippen LogP contribution in [0.3, 0.4) is 0 Å². The maximum Gasteiger partial charge on any atom is 0.408 e. The molecule has 0 heterocycles. The Morgan fingerprint density at radius 3 is 2.59 bits per heavy atom. The van der Waals surface area contributed by atoms with E-state index in [0.717, 1.165) is 5.56 Å². The lowest BCUT2D eigenvalue weighted by Crippen LogP contribution is -2.40. The van der Waals surface area contributed by atoms with Gasteiger partial charge in [-0.1, -0.05) is 42.5 Å². The van der Waals surface area contributed by atoms with Crippen molar-refractivity contribution in [3.05, 3.63) is 65.0 Å². The fourth-order valence-electron chi connectivity index (χ4n) is 3.29. The molecule has 8 heteroatoms. The molecule has 2 aromatic carbocycles. The Morgan fingerprint density at radius 1 is 1.22 bits per heavy atom. The third kappa shape index (κ3) is 6.23. The Bertz CT molecular complexity index is 1020. The van der Waals surface area contributed by atoms with Crippen LogP contribution in [0.2, 0.25) is 0 Å². The van der Waals surface area contributed by atoms with Crippen LogP contribution in [0, 0.1) is 5.82 Å². The molecule has 1 aliphatic rings. The monoisotopic (exact) mass is 442 g/mol. The largest absolute Gasteiger partial charge is 0.487 e. The summed E-state index contributed by atoms with van der Waals surface area (Å²) in [5.74, 6) is -1.51. The van der Waals surface area contributed by atoms with Crippen LogP contribution in [0.1, 0.15) is 37.5 Å². The summed E-state index contributed by atoms with van der Waals surface area (Å²) in [5.41, 5.74) is 1.19. The first kappa shape index (κ1) is 23.1. The van der Waals surface area contributed by atoms with Crippen molar-refractivity contribution in [2.24, 2.45) is 0 Å². The van der Waals surface area contributed by atoms with Crippen LogP contribution in [0.5, 0.6) is 5.75 Å². The van der Waals surface area contributed by atoms with Gasteiger partial charge in [-0.2, -0.15) is 0 Å². The molecular weight excluding hydrogens is 415 g/mol. The van der Waals surface area contributed by atoms with Gasteiger partial charge in [0.05, 0.1) is 6.04 Å². The second-order valence-corrected chi connectivity index (χ2v) is 8.47. The molecule has 0 spiro atoms. The van der Waals surface area contributed by atoms with Crippen LogP contribution in [0.25, 0.3) is 6.08 Å². The first-order chi connectivity index (χ1) is 15.1. The zero-order valence-electron chi connectivity index (χ0n) is 18.3. The van der Waals surface area contributed by atoms with E-state index in [9.17, 15) is 9.59 Å². The van der Waals surface area contributed by atoms with Gasteiger partial charge in [0.1, 0.15) is 30.2 Å². The Morgan fingerprint density at radius 2 is 1.94 bits per heavy atom. The highest BCUT2D eigenvalue weighted by Crippen LogP contribution is 2.36. The summed E-state index contributed by atoms with van der Waals surface area (Å²) in [7, 11) is 0. The van der Waals surface area contributed by atoms with Crippen molar-refractivity contribution in [1.29, 1.82) is 0 Å². The summed E-state index contributed by atoms with van der Waals surface area (Å²) in [4.78, 5) is 23.1. The molecule has 170 valence electrons. The molecule has 0 aromatic heterocycles. The van der Waals surface area contributed by atoms with Gasteiger partial charge in [0, 0.05) is 0 Å². The lowest BCUT2D eigenvalue weighted by Gasteiger charge is -2.26. The molecule has 0 radical (unpaired) electrons. The maximum absolute atomic E-state index is 15.5. The summed E-state index contributed by atoms with van der Waals surface area (Å²) < 4.78 is 26.6. The van der Waals surface area contributed by atoms with E-state index < -0.39 is 36.1 Å². The van der Waals surface area contributed by atoms with E-state index >= 15 is 4.39 Å². The molecule has 0 bridgehead atoms. The number of anilines is 1. The molecule has 0 fully saturated rings. The standard InChI is InChI=1S/C24H27FN2O5/c1-24(2,3)32-23(30)27-17-10-9-16-11-19(31-14-15-7-5-4-6-8-15)22(26-13-20(28)29)21(25)18(16)12-17/h4-11,17,26H,12-14H2,1-3H3,(H,27,30)(H,28,29)/t17-/m1/s1. The number of nitrogens with one attached hydrogen (secondary N) is 2. The number of halogens is 1. The fourth-order valence-corrected chi connectivity index (χ4v) is 3.29. The zero-order valence-corrected chi connectivity index (χ0v) is 18.3. The van der Waals surface area contributed by atoms with Crippen LogP contribution in [0.4, 0.5) is 14.9 Å². The second kappa shape index (κ2) is 9.72. The van der Waals surface area contributed by atoms with Crippen molar-refractivity contribution >= 4 is 23.8 Å². The third-order valence-corrected chi connectivity index (χ3v) is 4.65. The molecule has 3 N–H and O–H groups in total. The SMILES string of the molecule is CC(C)(C)OC(=O)N[C@@H]1C=Cc2cc(OCc3ccccc3)c(NCC(=O)O)c(F)c2C1. The second-order valence-electron chi connectivity index (χ2n) is 8.47. The number of carbonyl (C=O) groups excluding carboxylic acids is 1. The average molecular weight is 442 g/mol. The zero-order chi connectivity index (χ0) is 23.3. The van der Waals surface area contributed by atoms with Gasteiger partial charge < -0.3 is 25.2 Å². The number of carbonyl (C=O) groups is 2. The van der Waals surface area contributed by atoms with Gasteiger partial charge in [0.2, 0.25) is 0 Å². The molecule has 1 atom stereocenters. The predicted molar refractivity (Wildman–Crippen MR) is 119 cm³/mol. The van der Waals surface area contributed by atoms with Crippen molar-refractivity contribution in [2.45, 2.75) is 45.4 Å². The Hall–Kier alpha value is -3.55. The Kier molecular flexibility index (Phi) is 7.02. The topological polar surface area (TPSA) is 96.9 Å². The van der Waals surface area contributed by atoms with Crippen LogP contribution in [-0.4, -0.2) is 35.4 Å². The minimum Gasteiger partial charge on any atom is -0.487 e. The Balaban J connectivity index is 1.83. The summed E-state index contributed by atoms with van der Waals surface area (Å²) in [6.07, 6.45) is 3.07. The normalized spacial score (nSPS) is 14.9. The molecule has 0 aliphatic heterocycles. The molecule has 1 aliphatic carbocycles. The molecular formula is C24H27FN2O5. The molecule has 0 saturated heterocycles. The highest BCUT2D eigenvalue weighted by atomic mass is 19.1. The molecule has 3 rings (SSSR count). The van der Waals surface area contributed by atoms with E-state index in [2.05, 4.69) is 10.6 Å². The minimum absolute atomic E-state index is 0.0200. The number of ether oxygens (including phenoxy) is 2. The summed E-state index contributed by atoms with van der Waals surface area (Å²) in [5, 5.41) is 14.4. The summed E-state index contributed by atoms with van der Waals surface area (Å²) in [6, 6.07) is 10.6. The van der Waals surface area contributed by atoms with Crippen LogP contribution in [-0.2, 0) is 22.6 Å². The number of rotatable bonds is 7. The molecule has 2 aromatic rings. The molecule has 7 nitrogen and oxygen atoms in total. The molecule has 32 heavy (non-hydrogen) atoms. The smallest absolute Gasteiger partial charge is 0.408 e. The highest BCUT2D eigenvalue weighted by molar-refractivity contribution is 5.76. The lowest BCUT2D eigenvalue weighted by molar-refractivity contribution is -0.134. The van der Waals surface area contributed by atoms with Gasteiger partial charge in [0.25, 0.3) is 0 Å². The van der Waals surface area contributed by atoms with Gasteiger partial charge in [0.15, 0.2) is 5.82 Å². The third-order valence-electron chi connectivity index (χ3n) is 4.65. The number of hydrogen-bond acceptors (Lipinski definition) is 5. The highest BCUT2D eigenvalue weighted by Gasteiger charge is 2.26. The van der Waals surface area contributed by atoms with E-state index in [1.807, 2.05) is 30.3 Å². The van der Waals surface area contributed by atoms with Crippen molar-refractivity contribution in [3.8, 4) is 5.75 Å². The summed E-state index contributed by atoms with van der Waals surface area (Å²) >= 11 is 0. The van der Waals surface area contributed by atoms with Crippen LogP contribution in [0.15, 0.2) is 42.5 Å². The van der Waals surface area contributed by atoms with Crippen molar-refractivity contribution in [2.75, 3.05) is 11.9 Å². The first-order valence-corrected chi connectivity index (χ1v) is 10.3. The molecule has 0 saturated carbocycles. The van der Waals surface area contributed by atoms with E-state index in [4.69, 9.17) is 14.6 Å². The van der Waals surface area contributed by atoms with E-state index in [1.165, 1.54) is 0 Å². The van der Waals surface area contributed by atoms with Gasteiger partial charge in [-0.25, -0.2) is 9.18 Å². The van der Waals surface area contributed by atoms with Crippen LogP contribution < -0.4 is 15.4 Å². The van der Waals surface area contributed by atoms with Gasteiger partial charge in [-0.15, -0.1) is 0 Å². The number of benzene rings is 2. The number of fused-ring (bicyclic) bond motifs is 1. The number of alkyl carbamates (subject to hydrolysis) is 1. The van der Waals surface area contributed by atoms with E-state index in [-0.39, 0.29) is 24.5 Å². The summed E-state index contributed by atoms with van der Waals surface area (Å²) in [6.45, 7) is 5.01. The quantitative estimate of drug-likeness (QED) is 0.589. The number of carboxylic acids is 1. The maximum atomic E-state index is 15.5. The predicted octanol–water partition coefficient (Wildman–Crippen LogP) is 4.36. The number of aliphatic carboxylic acids is 1. The Labute approximate surface area is 186 Å². The van der Waals surface area contributed by atoms with Gasteiger partial charge in [-0.3, -0.25) is 4.79 Å². The van der Waals surface area contributed by atoms with Gasteiger partial charge >= 0.3 is 12.1 Å². The van der Waals surface area contributed by atoms with Crippen LogP contribution >= 0.6 is 0 Å². The number of amides is 1. The average Bonchev–Trinajstić information content (AvgIpc) is 2.71. The van der Waals surface area contributed by atoms with Crippen molar-refractivity contribution in [1.82, 2.24) is 5.32 Å². The lowest BCUT2D eigenvalue weighted by atomic mass is 9.92.